The Bertz CT molecular complexity index is 756. The molecule has 6 heteroatoms. The van der Waals surface area contributed by atoms with Gasteiger partial charge in [-0.2, -0.15) is 0 Å². The number of hydrogen-bond acceptors (Lipinski definition) is 4. The second kappa shape index (κ2) is 7.39. The molecule has 0 aromatic heterocycles. The van der Waals surface area contributed by atoms with Crippen LogP contribution in [0.1, 0.15) is 52.5 Å². The van der Waals surface area contributed by atoms with E-state index in [-0.39, 0.29) is 41.3 Å². The average Bonchev–Trinajstić information content (AvgIpc) is 2.93. The van der Waals surface area contributed by atoms with Crippen LogP contribution in [0.3, 0.4) is 0 Å². The van der Waals surface area contributed by atoms with Crippen molar-refractivity contribution >= 4 is 17.5 Å². The number of carbonyl (C=O) groups is 2. The van der Waals surface area contributed by atoms with Gasteiger partial charge in [0.2, 0.25) is 11.8 Å². The molecule has 1 atom stereocenters. The van der Waals surface area contributed by atoms with Crippen molar-refractivity contribution in [2.45, 2.75) is 71.0 Å². The first-order valence-corrected chi connectivity index (χ1v) is 10.0. The lowest BCUT2D eigenvalue weighted by Gasteiger charge is -2.46. The van der Waals surface area contributed by atoms with Gasteiger partial charge in [-0.25, -0.2) is 0 Å². The van der Waals surface area contributed by atoms with Gasteiger partial charge < -0.3 is 20.3 Å². The molecule has 0 saturated carbocycles. The van der Waals surface area contributed by atoms with Gasteiger partial charge in [0.1, 0.15) is 5.75 Å². The predicted molar refractivity (Wildman–Crippen MR) is 111 cm³/mol. The predicted octanol–water partition coefficient (Wildman–Crippen LogP) is 2.78. The largest absolute Gasteiger partial charge is 0.495 e. The van der Waals surface area contributed by atoms with Gasteiger partial charge in [-0.1, -0.05) is 6.07 Å². The molecule has 6 nitrogen and oxygen atoms in total. The van der Waals surface area contributed by atoms with E-state index in [0.29, 0.717) is 12.3 Å². The van der Waals surface area contributed by atoms with Crippen LogP contribution < -0.4 is 20.3 Å². The summed E-state index contributed by atoms with van der Waals surface area (Å²) in [5.74, 6) is 0.261. The molecule has 2 amide bonds. The number of aryl methyl sites for hydroxylation is 1. The van der Waals surface area contributed by atoms with E-state index >= 15 is 0 Å². The van der Waals surface area contributed by atoms with Crippen molar-refractivity contribution in [2.75, 3.05) is 18.6 Å². The SMILES string of the molecule is COc1ccc(C)cc1N1CC(C(=O)NC2CC(C)(C)NC(C)(C)C2)CC1=O. The van der Waals surface area contributed by atoms with Gasteiger partial charge in [-0.3, -0.25) is 9.59 Å². The van der Waals surface area contributed by atoms with Crippen molar-refractivity contribution < 1.29 is 14.3 Å². The summed E-state index contributed by atoms with van der Waals surface area (Å²) in [6.45, 7) is 11.0. The smallest absolute Gasteiger partial charge is 0.227 e. The highest BCUT2D eigenvalue weighted by Crippen LogP contribution is 2.34. The van der Waals surface area contributed by atoms with Crippen molar-refractivity contribution in [2.24, 2.45) is 5.92 Å². The highest BCUT2D eigenvalue weighted by Gasteiger charge is 2.41. The topological polar surface area (TPSA) is 70.7 Å². The third-order valence-electron chi connectivity index (χ3n) is 5.66. The van der Waals surface area contributed by atoms with E-state index in [0.717, 1.165) is 24.1 Å². The lowest BCUT2D eigenvalue weighted by atomic mass is 9.79. The molecule has 2 aliphatic rings. The standard InChI is InChI=1S/C22H33N3O3/c1-14-7-8-18(28-6)17(9-14)25-13-15(10-19(25)26)20(27)23-16-11-21(2,3)24-22(4,5)12-16/h7-9,15-16,24H,10-13H2,1-6H3,(H,23,27). The maximum Gasteiger partial charge on any atom is 0.227 e. The minimum absolute atomic E-state index is 0.0269. The van der Waals surface area contributed by atoms with Gasteiger partial charge in [-0.05, 0) is 65.2 Å². The Kier molecular flexibility index (Phi) is 5.45. The first-order chi connectivity index (χ1) is 13.0. The quantitative estimate of drug-likeness (QED) is 0.833. The van der Waals surface area contributed by atoms with Crippen molar-refractivity contribution in [3.63, 3.8) is 0 Å². The molecule has 0 radical (unpaired) electrons. The first-order valence-electron chi connectivity index (χ1n) is 10.0. The number of nitrogens with zero attached hydrogens (tertiary/aromatic N) is 1. The van der Waals surface area contributed by atoms with Crippen LogP contribution in [0.2, 0.25) is 0 Å². The molecule has 3 rings (SSSR count). The zero-order valence-corrected chi connectivity index (χ0v) is 17.9. The fourth-order valence-corrected chi connectivity index (χ4v) is 4.87. The maximum absolute atomic E-state index is 12.9. The summed E-state index contributed by atoms with van der Waals surface area (Å²) >= 11 is 0. The highest BCUT2D eigenvalue weighted by molar-refractivity contribution is 6.01. The third-order valence-corrected chi connectivity index (χ3v) is 5.66. The third kappa shape index (κ3) is 4.49. The molecule has 1 aromatic carbocycles. The Labute approximate surface area is 168 Å². The molecule has 0 spiro atoms. The Morgan fingerprint density at radius 2 is 1.86 bits per heavy atom. The normalized spacial score (nSPS) is 24.3. The second-order valence-corrected chi connectivity index (χ2v) is 9.59. The zero-order chi connectivity index (χ0) is 20.7. The first kappa shape index (κ1) is 20.6. The zero-order valence-electron chi connectivity index (χ0n) is 17.9. The van der Waals surface area contributed by atoms with Crippen LogP contribution in [-0.4, -0.2) is 42.6 Å². The molecule has 154 valence electrons. The number of amides is 2. The molecule has 0 bridgehead atoms. The van der Waals surface area contributed by atoms with Crippen LogP contribution in [0.25, 0.3) is 0 Å². The van der Waals surface area contributed by atoms with E-state index in [9.17, 15) is 9.59 Å². The lowest BCUT2D eigenvalue weighted by molar-refractivity contribution is -0.127. The number of anilines is 1. The fourth-order valence-electron chi connectivity index (χ4n) is 4.87. The summed E-state index contributed by atoms with van der Waals surface area (Å²) in [5.41, 5.74) is 1.72. The summed E-state index contributed by atoms with van der Waals surface area (Å²) in [5, 5.41) is 6.85. The van der Waals surface area contributed by atoms with Gasteiger partial charge >= 0.3 is 0 Å². The summed E-state index contributed by atoms with van der Waals surface area (Å²) < 4.78 is 5.42. The summed E-state index contributed by atoms with van der Waals surface area (Å²) in [6.07, 6.45) is 1.98. The van der Waals surface area contributed by atoms with Gasteiger partial charge in [-0.15, -0.1) is 0 Å². The minimum atomic E-state index is -0.334. The lowest BCUT2D eigenvalue weighted by Crippen LogP contribution is -2.62. The number of rotatable bonds is 4. The van der Waals surface area contributed by atoms with E-state index in [1.54, 1.807) is 12.0 Å². The van der Waals surface area contributed by atoms with Crippen molar-refractivity contribution in [3.05, 3.63) is 23.8 Å². The molecule has 1 unspecified atom stereocenters. The van der Waals surface area contributed by atoms with E-state index in [1.165, 1.54) is 0 Å². The maximum atomic E-state index is 12.9. The van der Waals surface area contributed by atoms with Crippen molar-refractivity contribution in [1.82, 2.24) is 10.6 Å². The number of benzene rings is 1. The number of piperidine rings is 1. The molecule has 2 heterocycles. The van der Waals surface area contributed by atoms with Crippen LogP contribution in [0, 0.1) is 12.8 Å². The Morgan fingerprint density at radius 1 is 1.21 bits per heavy atom. The molecule has 2 N–H and O–H groups in total. The average molecular weight is 388 g/mol. The molecule has 2 fully saturated rings. The number of ether oxygens (including phenoxy) is 1. The minimum Gasteiger partial charge on any atom is -0.495 e. The van der Waals surface area contributed by atoms with E-state index in [1.807, 2.05) is 25.1 Å². The van der Waals surface area contributed by atoms with Crippen LogP contribution in [-0.2, 0) is 9.59 Å². The monoisotopic (exact) mass is 387 g/mol. The van der Waals surface area contributed by atoms with Gasteiger partial charge in [0.25, 0.3) is 0 Å². The molecule has 0 aliphatic carbocycles. The summed E-state index contributed by atoms with van der Waals surface area (Å²) in [4.78, 5) is 27.3. The number of methoxy groups -OCH3 is 1. The molecule has 1 aromatic rings. The van der Waals surface area contributed by atoms with E-state index in [4.69, 9.17) is 4.74 Å². The molecule has 2 aliphatic heterocycles. The Balaban J connectivity index is 1.70. The number of carbonyl (C=O) groups excluding carboxylic acids is 2. The van der Waals surface area contributed by atoms with Crippen LogP contribution in [0.5, 0.6) is 5.75 Å². The van der Waals surface area contributed by atoms with Crippen molar-refractivity contribution in [3.8, 4) is 5.75 Å². The Hall–Kier alpha value is -2.08. The molecular formula is C22H33N3O3. The van der Waals surface area contributed by atoms with Gasteiger partial charge in [0.15, 0.2) is 0 Å². The molecular weight excluding hydrogens is 354 g/mol. The second-order valence-electron chi connectivity index (χ2n) is 9.59. The van der Waals surface area contributed by atoms with Gasteiger partial charge in [0.05, 0.1) is 18.7 Å². The van der Waals surface area contributed by atoms with Crippen LogP contribution in [0.15, 0.2) is 18.2 Å². The van der Waals surface area contributed by atoms with E-state index in [2.05, 4.69) is 38.3 Å². The fraction of sp³-hybridized carbons (Fsp3) is 0.636. The summed E-state index contributed by atoms with van der Waals surface area (Å²) in [6, 6.07) is 5.86. The highest BCUT2D eigenvalue weighted by atomic mass is 16.5. The van der Waals surface area contributed by atoms with Crippen molar-refractivity contribution in [1.29, 1.82) is 0 Å². The Morgan fingerprint density at radius 3 is 2.46 bits per heavy atom. The summed E-state index contributed by atoms with van der Waals surface area (Å²) in [7, 11) is 1.60. The van der Waals surface area contributed by atoms with Crippen LogP contribution >= 0.6 is 0 Å². The number of hydrogen-bond donors (Lipinski definition) is 2. The number of nitrogens with one attached hydrogen (secondary N) is 2. The molecule has 2 saturated heterocycles. The molecule has 28 heavy (non-hydrogen) atoms. The van der Waals surface area contributed by atoms with Gasteiger partial charge in [0, 0.05) is 30.1 Å². The van der Waals surface area contributed by atoms with Crippen LogP contribution in [0.4, 0.5) is 5.69 Å². The van der Waals surface area contributed by atoms with E-state index < -0.39 is 0 Å².